The van der Waals surface area contributed by atoms with Crippen LogP contribution in [0.25, 0.3) is 5.70 Å². The van der Waals surface area contributed by atoms with E-state index < -0.39 is 5.66 Å². The summed E-state index contributed by atoms with van der Waals surface area (Å²) in [5.74, 6) is 0.217. The fraction of sp³-hybridized carbons (Fsp3) is 0.0857. The topological polar surface area (TPSA) is 28.0 Å². The Balaban J connectivity index is 1.45. The van der Waals surface area contributed by atoms with Gasteiger partial charge in [-0.1, -0.05) is 115 Å². The summed E-state index contributed by atoms with van der Waals surface area (Å²) in [6.45, 7) is 0. The molecular weight excluding hydrogens is 462 g/mol. The molecule has 0 spiro atoms. The molecule has 4 aromatic carbocycles. The fourth-order valence-corrected chi connectivity index (χ4v) is 5.82. The van der Waals surface area contributed by atoms with Gasteiger partial charge in [0.2, 0.25) is 0 Å². The number of rotatable bonds is 4. The molecule has 0 unspecified atom stereocenters. The molecule has 0 saturated carbocycles. The minimum atomic E-state index is -0.560. The molecule has 2 atom stereocenters. The van der Waals surface area contributed by atoms with E-state index in [0.29, 0.717) is 0 Å². The van der Waals surface area contributed by atoms with E-state index >= 15 is 0 Å². The van der Waals surface area contributed by atoms with Crippen LogP contribution in [-0.2, 0) is 5.66 Å². The van der Waals surface area contributed by atoms with Crippen LogP contribution in [0.1, 0.15) is 29.0 Å². The molecule has 0 aromatic heterocycles. The second-order valence-corrected chi connectivity index (χ2v) is 9.89. The number of para-hydroxylation sites is 1. The smallest absolute Gasteiger partial charge is 0.163 e. The van der Waals surface area contributed by atoms with Gasteiger partial charge in [-0.3, -0.25) is 4.99 Å². The summed E-state index contributed by atoms with van der Waals surface area (Å²) in [5.41, 5.74) is 8.25. The Morgan fingerprint density at radius 3 is 2.03 bits per heavy atom. The quantitative estimate of drug-likeness (QED) is 0.267. The van der Waals surface area contributed by atoms with Crippen LogP contribution in [0.15, 0.2) is 161 Å². The van der Waals surface area contributed by atoms with Crippen molar-refractivity contribution >= 4 is 22.8 Å². The Morgan fingerprint density at radius 1 is 0.684 bits per heavy atom. The molecule has 3 heteroatoms. The molecule has 1 aliphatic carbocycles. The Morgan fingerprint density at radius 2 is 1.32 bits per heavy atom. The van der Waals surface area contributed by atoms with Gasteiger partial charge in [-0.25, -0.2) is 4.99 Å². The Hall–Kier alpha value is -4.76. The van der Waals surface area contributed by atoms with Crippen molar-refractivity contribution in [2.75, 3.05) is 0 Å². The highest BCUT2D eigenvalue weighted by atomic mass is 15.4. The van der Waals surface area contributed by atoms with Crippen LogP contribution in [0, 0.1) is 0 Å². The van der Waals surface area contributed by atoms with Gasteiger partial charge in [-0.05, 0) is 41.5 Å². The lowest BCUT2D eigenvalue weighted by Gasteiger charge is -2.45. The largest absolute Gasteiger partial charge is 0.310 e. The number of fused-ring (bicyclic) bond motifs is 3. The predicted octanol–water partition coefficient (Wildman–Crippen LogP) is 8.05. The van der Waals surface area contributed by atoms with E-state index in [2.05, 4.69) is 120 Å². The molecule has 7 rings (SSSR count). The first-order chi connectivity index (χ1) is 18.8. The number of benzene rings is 4. The van der Waals surface area contributed by atoms with Crippen LogP contribution in [-0.4, -0.2) is 16.3 Å². The Bertz CT molecular complexity index is 1610. The van der Waals surface area contributed by atoms with Crippen LogP contribution in [0.2, 0.25) is 0 Å². The zero-order valence-corrected chi connectivity index (χ0v) is 21.0. The average Bonchev–Trinajstić information content (AvgIpc) is 3.33. The van der Waals surface area contributed by atoms with Gasteiger partial charge in [0.15, 0.2) is 5.66 Å². The molecular formula is C35H27N3. The van der Waals surface area contributed by atoms with Gasteiger partial charge in [-0.15, -0.1) is 0 Å². The molecule has 0 N–H and O–H groups in total. The summed E-state index contributed by atoms with van der Waals surface area (Å²) in [4.78, 5) is 12.9. The molecule has 2 heterocycles. The highest BCUT2D eigenvalue weighted by molar-refractivity contribution is 6.23. The van der Waals surface area contributed by atoms with Crippen molar-refractivity contribution in [2.45, 2.75) is 18.0 Å². The third kappa shape index (κ3) is 3.84. The maximum atomic E-state index is 5.52. The van der Waals surface area contributed by atoms with Crippen molar-refractivity contribution in [3.8, 4) is 0 Å². The second-order valence-electron chi connectivity index (χ2n) is 9.89. The number of hydrogen-bond acceptors (Lipinski definition) is 3. The molecule has 182 valence electrons. The van der Waals surface area contributed by atoms with Crippen molar-refractivity contribution in [1.29, 1.82) is 0 Å². The van der Waals surface area contributed by atoms with E-state index in [0.717, 1.165) is 29.2 Å². The van der Waals surface area contributed by atoms with E-state index in [1.807, 2.05) is 30.3 Å². The van der Waals surface area contributed by atoms with Gasteiger partial charge in [0, 0.05) is 23.6 Å². The Kier molecular flexibility index (Phi) is 5.48. The van der Waals surface area contributed by atoms with Crippen LogP contribution in [0.3, 0.4) is 0 Å². The molecule has 3 aliphatic rings. The van der Waals surface area contributed by atoms with Crippen molar-refractivity contribution in [3.05, 3.63) is 168 Å². The number of hydrogen-bond donors (Lipinski definition) is 0. The molecule has 38 heavy (non-hydrogen) atoms. The SMILES string of the molecule is C1=CC2=N[C@]3(c4ccccc4)C[C@@H](c4ccccc4)C=C(c4ccccc4)N3C2=CC1=Nc1ccccc1. The van der Waals surface area contributed by atoms with Gasteiger partial charge in [0.05, 0.1) is 22.8 Å². The minimum Gasteiger partial charge on any atom is -0.310 e. The fourth-order valence-electron chi connectivity index (χ4n) is 5.82. The summed E-state index contributed by atoms with van der Waals surface area (Å²) in [7, 11) is 0. The minimum absolute atomic E-state index is 0.217. The summed E-state index contributed by atoms with van der Waals surface area (Å²) >= 11 is 0. The molecule has 0 bridgehead atoms. The molecule has 4 aromatic rings. The van der Waals surface area contributed by atoms with E-state index in [9.17, 15) is 0 Å². The lowest BCUT2D eigenvalue weighted by molar-refractivity contribution is 0.200. The monoisotopic (exact) mass is 489 g/mol. The van der Waals surface area contributed by atoms with Crippen LogP contribution >= 0.6 is 0 Å². The average molecular weight is 490 g/mol. The van der Waals surface area contributed by atoms with Gasteiger partial charge in [0.25, 0.3) is 0 Å². The van der Waals surface area contributed by atoms with Crippen molar-refractivity contribution < 1.29 is 0 Å². The lowest BCUT2D eigenvalue weighted by atomic mass is 9.79. The summed E-state index contributed by atoms with van der Waals surface area (Å²) in [5, 5.41) is 0. The first-order valence-electron chi connectivity index (χ1n) is 13.1. The predicted molar refractivity (Wildman–Crippen MR) is 156 cm³/mol. The molecule has 0 fully saturated rings. The zero-order chi connectivity index (χ0) is 25.4. The lowest BCUT2D eigenvalue weighted by Crippen LogP contribution is -2.43. The van der Waals surface area contributed by atoms with Crippen LogP contribution < -0.4 is 0 Å². The van der Waals surface area contributed by atoms with Crippen molar-refractivity contribution in [2.24, 2.45) is 9.98 Å². The van der Waals surface area contributed by atoms with E-state index in [-0.39, 0.29) is 5.92 Å². The molecule has 3 nitrogen and oxygen atoms in total. The third-order valence-electron chi connectivity index (χ3n) is 7.53. The highest BCUT2D eigenvalue weighted by Gasteiger charge is 2.51. The van der Waals surface area contributed by atoms with Gasteiger partial charge < -0.3 is 4.90 Å². The van der Waals surface area contributed by atoms with E-state index in [1.165, 1.54) is 22.4 Å². The molecule has 2 aliphatic heterocycles. The van der Waals surface area contributed by atoms with Crippen molar-refractivity contribution in [3.63, 3.8) is 0 Å². The first-order valence-corrected chi connectivity index (χ1v) is 13.1. The van der Waals surface area contributed by atoms with Crippen molar-refractivity contribution in [1.82, 2.24) is 4.90 Å². The molecule has 0 saturated heterocycles. The third-order valence-corrected chi connectivity index (χ3v) is 7.53. The Labute approximate surface area is 223 Å². The summed E-state index contributed by atoms with van der Waals surface area (Å²) in [6, 6.07) is 42.4. The van der Waals surface area contributed by atoms with Gasteiger partial charge >= 0.3 is 0 Å². The van der Waals surface area contributed by atoms with Gasteiger partial charge in [-0.2, -0.15) is 0 Å². The maximum Gasteiger partial charge on any atom is 0.163 e. The standard InChI is InChI=1S/C35H27N3/c1-5-13-26(14-6-1)28-23-33(27-15-7-2-8-16-27)38-34-24-31(36-30-19-11-4-12-20-30)21-22-32(34)37-35(38,25-28)29-17-9-3-10-18-29/h1-24,28H,25H2/t28-,35+/m0/s1. The number of aliphatic imine (C=N–C) groups is 2. The van der Waals surface area contributed by atoms with E-state index in [1.54, 1.807) is 0 Å². The second kappa shape index (κ2) is 9.28. The normalized spacial score (nSPS) is 22.8. The summed E-state index contributed by atoms with van der Waals surface area (Å²) in [6.07, 6.45) is 9.66. The highest BCUT2D eigenvalue weighted by Crippen LogP contribution is 2.54. The zero-order valence-electron chi connectivity index (χ0n) is 21.0. The molecule has 0 amide bonds. The first kappa shape index (κ1) is 22.4. The number of nitrogens with zero attached hydrogens (tertiary/aromatic N) is 3. The maximum absolute atomic E-state index is 5.52. The summed E-state index contributed by atoms with van der Waals surface area (Å²) < 4.78 is 0. The van der Waals surface area contributed by atoms with Crippen LogP contribution in [0.4, 0.5) is 5.69 Å². The number of allylic oxidation sites excluding steroid dienone is 4. The van der Waals surface area contributed by atoms with Crippen LogP contribution in [0.5, 0.6) is 0 Å². The molecule has 0 radical (unpaired) electrons. The van der Waals surface area contributed by atoms with Gasteiger partial charge in [0.1, 0.15) is 0 Å². The van der Waals surface area contributed by atoms with E-state index in [4.69, 9.17) is 9.98 Å².